The number of anilines is 1. The molecule has 0 aliphatic carbocycles. The highest BCUT2D eigenvalue weighted by atomic mass is 16.5. The zero-order valence-electron chi connectivity index (χ0n) is 14.0. The predicted molar refractivity (Wildman–Crippen MR) is 89.5 cm³/mol. The van der Waals surface area contributed by atoms with Gasteiger partial charge in [-0.25, -0.2) is 4.79 Å². The van der Waals surface area contributed by atoms with E-state index in [9.17, 15) is 14.4 Å². The Morgan fingerprint density at radius 1 is 1.17 bits per heavy atom. The van der Waals surface area contributed by atoms with Crippen molar-refractivity contribution in [3.05, 3.63) is 29.8 Å². The van der Waals surface area contributed by atoms with Crippen molar-refractivity contribution in [2.45, 2.75) is 19.8 Å². The summed E-state index contributed by atoms with van der Waals surface area (Å²) in [4.78, 5) is 36.9. The highest BCUT2D eigenvalue weighted by Gasteiger charge is 2.24. The topological polar surface area (TPSA) is 87.7 Å². The summed E-state index contributed by atoms with van der Waals surface area (Å²) < 4.78 is 4.69. The van der Waals surface area contributed by atoms with Crippen molar-refractivity contribution >= 4 is 23.6 Å². The van der Waals surface area contributed by atoms with Crippen molar-refractivity contribution in [1.82, 2.24) is 10.2 Å². The van der Waals surface area contributed by atoms with E-state index in [0.29, 0.717) is 25.3 Å². The third-order valence-corrected chi connectivity index (χ3v) is 4.20. The van der Waals surface area contributed by atoms with E-state index in [1.807, 2.05) is 19.1 Å². The summed E-state index contributed by atoms with van der Waals surface area (Å²) >= 11 is 0. The standard InChI is InChI=1S/C17H23N3O4/c1-12-5-3-4-6-14(12)19-16(22)15(21)18-11-13-7-9-20(10-8-13)17(23)24-2/h3-6,13H,7-11H2,1-2H3,(H,18,21)(H,19,22). The zero-order chi connectivity index (χ0) is 17.5. The van der Waals surface area contributed by atoms with Crippen LogP contribution in [0.15, 0.2) is 24.3 Å². The van der Waals surface area contributed by atoms with Crippen molar-refractivity contribution < 1.29 is 19.1 Å². The van der Waals surface area contributed by atoms with E-state index < -0.39 is 11.8 Å². The summed E-state index contributed by atoms with van der Waals surface area (Å²) in [6.45, 7) is 3.49. The second kappa shape index (κ2) is 8.33. The normalized spacial score (nSPS) is 14.8. The first-order valence-electron chi connectivity index (χ1n) is 7.99. The molecule has 7 nitrogen and oxygen atoms in total. The lowest BCUT2D eigenvalue weighted by Crippen LogP contribution is -2.43. The lowest BCUT2D eigenvalue weighted by molar-refractivity contribution is -0.136. The molecule has 1 aliphatic rings. The Morgan fingerprint density at radius 2 is 1.83 bits per heavy atom. The van der Waals surface area contributed by atoms with Gasteiger partial charge in [-0.05, 0) is 37.3 Å². The molecule has 1 aliphatic heterocycles. The number of nitrogens with one attached hydrogen (secondary N) is 2. The smallest absolute Gasteiger partial charge is 0.409 e. The second-order valence-corrected chi connectivity index (χ2v) is 5.88. The van der Waals surface area contributed by atoms with Crippen LogP contribution >= 0.6 is 0 Å². The summed E-state index contributed by atoms with van der Waals surface area (Å²) in [7, 11) is 1.36. The zero-order valence-corrected chi connectivity index (χ0v) is 14.0. The van der Waals surface area contributed by atoms with Crippen LogP contribution in [-0.4, -0.2) is 49.6 Å². The van der Waals surface area contributed by atoms with Crippen LogP contribution in [0.1, 0.15) is 18.4 Å². The molecule has 1 fully saturated rings. The molecule has 7 heteroatoms. The third kappa shape index (κ3) is 4.71. The van der Waals surface area contributed by atoms with Gasteiger partial charge in [-0.15, -0.1) is 0 Å². The summed E-state index contributed by atoms with van der Waals surface area (Å²) in [6.07, 6.45) is 1.22. The van der Waals surface area contributed by atoms with Crippen LogP contribution in [0.3, 0.4) is 0 Å². The highest BCUT2D eigenvalue weighted by Crippen LogP contribution is 2.17. The van der Waals surface area contributed by atoms with E-state index in [1.54, 1.807) is 17.0 Å². The van der Waals surface area contributed by atoms with Gasteiger partial charge in [0.15, 0.2) is 0 Å². The van der Waals surface area contributed by atoms with Crippen molar-refractivity contribution in [3.63, 3.8) is 0 Å². The molecule has 1 heterocycles. The molecule has 1 aromatic rings. The number of amides is 3. The van der Waals surface area contributed by atoms with Crippen LogP contribution in [0.4, 0.5) is 10.5 Å². The number of para-hydroxylation sites is 1. The maximum Gasteiger partial charge on any atom is 0.409 e. The minimum Gasteiger partial charge on any atom is -0.453 e. The SMILES string of the molecule is COC(=O)N1CCC(CNC(=O)C(=O)Nc2ccccc2C)CC1. The fraction of sp³-hybridized carbons (Fsp3) is 0.471. The van der Waals surface area contributed by atoms with Crippen LogP contribution in [0.5, 0.6) is 0 Å². The van der Waals surface area contributed by atoms with E-state index in [0.717, 1.165) is 18.4 Å². The molecule has 2 N–H and O–H groups in total. The van der Waals surface area contributed by atoms with Crippen molar-refractivity contribution in [3.8, 4) is 0 Å². The Kier molecular flexibility index (Phi) is 6.17. The van der Waals surface area contributed by atoms with Crippen LogP contribution < -0.4 is 10.6 Å². The summed E-state index contributed by atoms with van der Waals surface area (Å²) in [5.41, 5.74) is 1.53. The Morgan fingerprint density at radius 3 is 2.46 bits per heavy atom. The minimum absolute atomic E-state index is 0.251. The second-order valence-electron chi connectivity index (χ2n) is 5.88. The number of methoxy groups -OCH3 is 1. The molecular formula is C17H23N3O4. The van der Waals surface area contributed by atoms with E-state index in [4.69, 9.17) is 0 Å². The van der Waals surface area contributed by atoms with Gasteiger partial charge in [0.05, 0.1) is 7.11 Å². The number of nitrogens with zero attached hydrogens (tertiary/aromatic N) is 1. The van der Waals surface area contributed by atoms with Gasteiger partial charge in [0, 0.05) is 25.3 Å². The largest absolute Gasteiger partial charge is 0.453 e. The van der Waals surface area contributed by atoms with Gasteiger partial charge in [-0.3, -0.25) is 9.59 Å². The van der Waals surface area contributed by atoms with Crippen molar-refractivity contribution in [2.24, 2.45) is 5.92 Å². The molecule has 1 saturated heterocycles. The Labute approximate surface area is 141 Å². The third-order valence-electron chi connectivity index (χ3n) is 4.20. The van der Waals surface area contributed by atoms with Crippen LogP contribution in [0.2, 0.25) is 0 Å². The molecular weight excluding hydrogens is 310 g/mol. The van der Waals surface area contributed by atoms with Gasteiger partial charge in [-0.2, -0.15) is 0 Å². The van der Waals surface area contributed by atoms with Crippen LogP contribution in [-0.2, 0) is 14.3 Å². The Balaban J connectivity index is 1.74. The molecule has 24 heavy (non-hydrogen) atoms. The molecule has 0 unspecified atom stereocenters. The fourth-order valence-corrected chi connectivity index (χ4v) is 2.66. The first-order chi connectivity index (χ1) is 11.5. The van der Waals surface area contributed by atoms with Gasteiger partial charge in [0.25, 0.3) is 0 Å². The van der Waals surface area contributed by atoms with Crippen LogP contribution in [0, 0.1) is 12.8 Å². The molecule has 0 spiro atoms. The quantitative estimate of drug-likeness (QED) is 0.821. The van der Waals surface area contributed by atoms with E-state index >= 15 is 0 Å². The lowest BCUT2D eigenvalue weighted by Gasteiger charge is -2.30. The van der Waals surface area contributed by atoms with E-state index in [-0.39, 0.29) is 12.0 Å². The minimum atomic E-state index is -0.670. The molecule has 0 bridgehead atoms. The number of carbonyl (C=O) groups is 3. The molecule has 0 radical (unpaired) electrons. The van der Waals surface area contributed by atoms with Gasteiger partial charge in [-0.1, -0.05) is 18.2 Å². The fourth-order valence-electron chi connectivity index (χ4n) is 2.66. The molecule has 0 aromatic heterocycles. The van der Waals surface area contributed by atoms with Gasteiger partial charge in [0.1, 0.15) is 0 Å². The van der Waals surface area contributed by atoms with Gasteiger partial charge >= 0.3 is 17.9 Å². The summed E-state index contributed by atoms with van der Waals surface area (Å²) in [6, 6.07) is 7.28. The molecule has 0 atom stereocenters. The van der Waals surface area contributed by atoms with Gasteiger partial charge in [0.2, 0.25) is 0 Å². The lowest BCUT2D eigenvalue weighted by atomic mass is 9.97. The van der Waals surface area contributed by atoms with Crippen LogP contribution in [0.25, 0.3) is 0 Å². The van der Waals surface area contributed by atoms with E-state index in [1.165, 1.54) is 7.11 Å². The number of benzene rings is 1. The number of likely N-dealkylation sites (tertiary alicyclic amines) is 1. The van der Waals surface area contributed by atoms with Gasteiger partial charge < -0.3 is 20.3 Å². The van der Waals surface area contributed by atoms with Crippen molar-refractivity contribution in [2.75, 3.05) is 32.1 Å². The summed E-state index contributed by atoms with van der Waals surface area (Å²) in [5.74, 6) is -1.06. The number of carbonyl (C=O) groups excluding carboxylic acids is 3. The Bertz CT molecular complexity index is 610. The number of aryl methyl sites for hydroxylation is 1. The first kappa shape index (κ1) is 17.8. The maximum absolute atomic E-state index is 11.9. The molecule has 130 valence electrons. The van der Waals surface area contributed by atoms with Crippen molar-refractivity contribution in [1.29, 1.82) is 0 Å². The molecule has 0 saturated carbocycles. The number of hydrogen-bond donors (Lipinski definition) is 2. The average Bonchev–Trinajstić information content (AvgIpc) is 2.61. The maximum atomic E-state index is 11.9. The predicted octanol–water partition coefficient (Wildman–Crippen LogP) is 1.53. The molecule has 2 rings (SSSR count). The summed E-state index contributed by atoms with van der Waals surface area (Å²) in [5, 5.41) is 5.27. The number of hydrogen-bond acceptors (Lipinski definition) is 4. The number of piperidine rings is 1. The molecule has 1 aromatic carbocycles. The first-order valence-corrected chi connectivity index (χ1v) is 7.99. The van der Waals surface area contributed by atoms with E-state index in [2.05, 4.69) is 15.4 Å². The number of rotatable bonds is 3. The monoisotopic (exact) mass is 333 g/mol. The molecule has 3 amide bonds. The number of ether oxygens (including phenoxy) is 1. The Hall–Kier alpha value is -2.57. The highest BCUT2D eigenvalue weighted by molar-refractivity contribution is 6.39. The average molecular weight is 333 g/mol.